The summed E-state index contributed by atoms with van der Waals surface area (Å²) in [7, 11) is 0. The number of hydrogen-bond acceptors (Lipinski definition) is 2. The minimum absolute atomic E-state index is 0.108. The molecule has 2 N–H and O–H groups in total. The molecule has 0 spiro atoms. The van der Waals surface area contributed by atoms with Crippen molar-refractivity contribution in [2.24, 2.45) is 0 Å². The van der Waals surface area contributed by atoms with Crippen LogP contribution in [0.1, 0.15) is 37.7 Å². The molecule has 0 aliphatic heterocycles. The number of benzene rings is 1. The first-order valence-corrected chi connectivity index (χ1v) is 6.42. The van der Waals surface area contributed by atoms with Gasteiger partial charge in [0.15, 0.2) is 0 Å². The van der Waals surface area contributed by atoms with Crippen LogP contribution in [0.3, 0.4) is 0 Å². The number of hydrogen-bond donors (Lipinski definition) is 2. The highest BCUT2D eigenvalue weighted by atomic mass is 19.1. The predicted molar refractivity (Wildman–Crippen MR) is 66.1 cm³/mol. The fourth-order valence-corrected chi connectivity index (χ4v) is 2.41. The molecule has 0 heterocycles. The molecule has 2 atom stereocenters. The van der Waals surface area contributed by atoms with Crippen LogP contribution in [0.4, 0.5) is 4.39 Å². The normalized spacial score (nSPS) is 25.5. The highest BCUT2D eigenvalue weighted by Gasteiger charge is 2.20. The van der Waals surface area contributed by atoms with E-state index in [4.69, 9.17) is 0 Å². The summed E-state index contributed by atoms with van der Waals surface area (Å²) in [5.74, 6) is -0.178. The van der Waals surface area contributed by atoms with E-state index in [0.29, 0.717) is 12.1 Å². The van der Waals surface area contributed by atoms with Crippen molar-refractivity contribution in [3.63, 3.8) is 0 Å². The van der Waals surface area contributed by atoms with Crippen LogP contribution in [0.2, 0.25) is 0 Å². The summed E-state index contributed by atoms with van der Waals surface area (Å²) in [6, 6.07) is 6.90. The van der Waals surface area contributed by atoms with Gasteiger partial charge in [-0.3, -0.25) is 0 Å². The van der Waals surface area contributed by atoms with Crippen molar-refractivity contribution in [1.82, 2.24) is 5.32 Å². The van der Waals surface area contributed by atoms with Crippen molar-refractivity contribution in [1.29, 1.82) is 0 Å². The lowest BCUT2D eigenvalue weighted by Crippen LogP contribution is -2.38. The summed E-state index contributed by atoms with van der Waals surface area (Å²) in [6.07, 6.45) is 4.98. The Morgan fingerprint density at radius 1 is 1.18 bits per heavy atom. The molecule has 1 fully saturated rings. The molecule has 3 heteroatoms. The maximum absolute atomic E-state index is 13.4. The molecule has 1 aliphatic rings. The number of nitrogens with one attached hydrogen (secondary N) is 1. The SMILES string of the molecule is OC1CCCCCC1NCc1ccccc1F. The van der Waals surface area contributed by atoms with Gasteiger partial charge >= 0.3 is 0 Å². The lowest BCUT2D eigenvalue weighted by Gasteiger charge is -2.22. The summed E-state index contributed by atoms with van der Waals surface area (Å²) in [6.45, 7) is 0.494. The van der Waals surface area contributed by atoms with Crippen molar-refractivity contribution < 1.29 is 9.50 Å². The van der Waals surface area contributed by atoms with Crippen LogP contribution in [0.25, 0.3) is 0 Å². The second kappa shape index (κ2) is 6.12. The molecule has 2 nitrogen and oxygen atoms in total. The zero-order valence-corrected chi connectivity index (χ0v) is 10.0. The zero-order valence-electron chi connectivity index (χ0n) is 10.0. The first kappa shape index (κ1) is 12.5. The minimum Gasteiger partial charge on any atom is -0.392 e. The third-order valence-electron chi connectivity index (χ3n) is 3.49. The van der Waals surface area contributed by atoms with Crippen molar-refractivity contribution in [3.05, 3.63) is 35.6 Å². The van der Waals surface area contributed by atoms with E-state index in [0.717, 1.165) is 25.7 Å². The second-order valence-corrected chi connectivity index (χ2v) is 4.78. The lowest BCUT2D eigenvalue weighted by molar-refractivity contribution is 0.119. The quantitative estimate of drug-likeness (QED) is 0.792. The Balaban J connectivity index is 1.90. The standard InChI is InChI=1S/C14H20FNO/c15-12-7-5-4-6-11(12)10-16-13-8-2-1-3-9-14(13)17/h4-7,13-14,16-17H,1-3,8-10H2. The van der Waals surface area contributed by atoms with Gasteiger partial charge in [0.2, 0.25) is 0 Å². The summed E-state index contributed by atoms with van der Waals surface area (Å²) in [5.41, 5.74) is 0.670. The van der Waals surface area contributed by atoms with Crippen molar-refractivity contribution in [2.75, 3.05) is 0 Å². The highest BCUT2D eigenvalue weighted by molar-refractivity contribution is 5.17. The van der Waals surface area contributed by atoms with Crippen LogP contribution in [0, 0.1) is 5.82 Å². The van der Waals surface area contributed by atoms with Crippen LogP contribution < -0.4 is 5.32 Å². The van der Waals surface area contributed by atoms with Crippen molar-refractivity contribution >= 4 is 0 Å². The molecule has 0 radical (unpaired) electrons. The average molecular weight is 237 g/mol. The highest BCUT2D eigenvalue weighted by Crippen LogP contribution is 2.18. The van der Waals surface area contributed by atoms with Gasteiger partial charge in [-0.1, -0.05) is 37.5 Å². The van der Waals surface area contributed by atoms with Crippen LogP contribution >= 0.6 is 0 Å². The van der Waals surface area contributed by atoms with Gasteiger partial charge in [0.25, 0.3) is 0 Å². The van der Waals surface area contributed by atoms with Gasteiger partial charge in [-0.2, -0.15) is 0 Å². The fraction of sp³-hybridized carbons (Fsp3) is 0.571. The van der Waals surface area contributed by atoms with Gasteiger partial charge in [0.1, 0.15) is 5.82 Å². The Bertz CT molecular complexity index is 356. The smallest absolute Gasteiger partial charge is 0.127 e. The topological polar surface area (TPSA) is 32.3 Å². The molecule has 0 bridgehead atoms. The van der Waals surface area contributed by atoms with E-state index in [-0.39, 0.29) is 18.0 Å². The average Bonchev–Trinajstić information content (AvgIpc) is 2.53. The molecule has 0 aromatic heterocycles. The molecule has 1 aromatic rings. The van der Waals surface area contributed by atoms with Crippen LogP contribution in [0.15, 0.2) is 24.3 Å². The maximum Gasteiger partial charge on any atom is 0.127 e. The number of aliphatic hydroxyl groups is 1. The molecular weight excluding hydrogens is 217 g/mol. The molecule has 0 saturated heterocycles. The van der Waals surface area contributed by atoms with E-state index < -0.39 is 0 Å². The summed E-state index contributed by atoms with van der Waals surface area (Å²) in [4.78, 5) is 0. The van der Waals surface area contributed by atoms with Gasteiger partial charge in [-0.15, -0.1) is 0 Å². The molecule has 1 aliphatic carbocycles. The Morgan fingerprint density at radius 2 is 1.94 bits per heavy atom. The predicted octanol–water partition coefficient (Wildman–Crippen LogP) is 2.61. The minimum atomic E-state index is -0.288. The van der Waals surface area contributed by atoms with Gasteiger partial charge in [-0.05, 0) is 18.9 Å². The Labute approximate surface area is 102 Å². The second-order valence-electron chi connectivity index (χ2n) is 4.78. The van der Waals surface area contributed by atoms with Gasteiger partial charge < -0.3 is 10.4 Å². The van der Waals surface area contributed by atoms with Crippen LogP contribution in [-0.4, -0.2) is 17.3 Å². The maximum atomic E-state index is 13.4. The summed E-state index contributed by atoms with van der Waals surface area (Å²) < 4.78 is 13.4. The number of rotatable bonds is 3. The third kappa shape index (κ3) is 3.51. The zero-order chi connectivity index (χ0) is 12.1. The molecule has 94 valence electrons. The van der Waals surface area contributed by atoms with E-state index in [9.17, 15) is 9.50 Å². The van der Waals surface area contributed by atoms with Crippen molar-refractivity contribution in [3.8, 4) is 0 Å². The largest absolute Gasteiger partial charge is 0.392 e. The Kier molecular flexibility index (Phi) is 4.51. The van der Waals surface area contributed by atoms with E-state index in [1.807, 2.05) is 6.07 Å². The van der Waals surface area contributed by atoms with E-state index in [1.165, 1.54) is 12.5 Å². The van der Waals surface area contributed by atoms with E-state index >= 15 is 0 Å². The Morgan fingerprint density at radius 3 is 2.76 bits per heavy atom. The molecule has 1 saturated carbocycles. The summed E-state index contributed by atoms with van der Waals surface area (Å²) >= 11 is 0. The van der Waals surface area contributed by atoms with Gasteiger partial charge in [0.05, 0.1) is 6.10 Å². The first-order valence-electron chi connectivity index (χ1n) is 6.42. The van der Waals surface area contributed by atoms with Crippen molar-refractivity contribution in [2.45, 2.75) is 50.8 Å². The Hall–Kier alpha value is -0.930. The first-order chi connectivity index (χ1) is 8.27. The number of halogens is 1. The molecule has 2 rings (SSSR count). The lowest BCUT2D eigenvalue weighted by atomic mass is 10.1. The summed E-state index contributed by atoms with van der Waals surface area (Å²) in [5, 5.41) is 13.2. The molecule has 17 heavy (non-hydrogen) atoms. The molecular formula is C14H20FNO. The van der Waals surface area contributed by atoms with Crippen LogP contribution in [-0.2, 0) is 6.54 Å². The van der Waals surface area contributed by atoms with Gasteiger partial charge in [0, 0.05) is 18.2 Å². The molecule has 2 unspecified atom stereocenters. The molecule has 0 amide bonds. The third-order valence-corrected chi connectivity index (χ3v) is 3.49. The van der Waals surface area contributed by atoms with Crippen LogP contribution in [0.5, 0.6) is 0 Å². The van der Waals surface area contributed by atoms with Gasteiger partial charge in [-0.25, -0.2) is 4.39 Å². The monoisotopic (exact) mass is 237 g/mol. The van der Waals surface area contributed by atoms with E-state index in [2.05, 4.69) is 5.32 Å². The number of aliphatic hydroxyl groups excluding tert-OH is 1. The van der Waals surface area contributed by atoms with E-state index in [1.54, 1.807) is 12.1 Å². The molecule has 1 aromatic carbocycles. The fourth-order valence-electron chi connectivity index (χ4n) is 2.41.